The summed E-state index contributed by atoms with van der Waals surface area (Å²) in [5.41, 5.74) is 0. The molecule has 0 aliphatic heterocycles. The summed E-state index contributed by atoms with van der Waals surface area (Å²) in [4.78, 5) is 10.2. The summed E-state index contributed by atoms with van der Waals surface area (Å²) in [7, 11) is 0. The Hall–Kier alpha value is -0.731. The fourth-order valence-corrected chi connectivity index (χ4v) is 1.92. The van der Waals surface area contributed by atoms with Gasteiger partial charge in [0.05, 0.1) is 0 Å². The van der Waals surface area contributed by atoms with E-state index in [1.807, 2.05) is 19.1 Å². The third-order valence-electron chi connectivity index (χ3n) is 1.05. The van der Waals surface area contributed by atoms with E-state index in [1.165, 1.54) is 0 Å². The van der Waals surface area contributed by atoms with Crippen molar-refractivity contribution in [2.24, 2.45) is 0 Å². The predicted molar refractivity (Wildman–Crippen MR) is 41.3 cm³/mol. The van der Waals surface area contributed by atoms with Crippen LogP contribution in [0.2, 0.25) is 5.32 Å². The van der Waals surface area contributed by atoms with Gasteiger partial charge in [0.15, 0.2) is 0 Å². The Bertz CT molecular complexity index is 254. The molecular formula is C7H8O3Se. The summed E-state index contributed by atoms with van der Waals surface area (Å²) < 4.78 is 6.00. The van der Waals surface area contributed by atoms with Crippen LogP contribution >= 0.6 is 0 Å². The van der Waals surface area contributed by atoms with Gasteiger partial charge in [-0.15, -0.1) is 0 Å². The average molecular weight is 219 g/mol. The van der Waals surface area contributed by atoms with E-state index in [0.717, 1.165) is 10.4 Å². The predicted octanol–water partition coefficient (Wildman–Crippen LogP) is 0.420. The molecule has 1 aromatic rings. The molecule has 11 heavy (non-hydrogen) atoms. The maximum atomic E-state index is 10.2. The SMILES string of the molecule is Cc1ccc([Se]CC(=O)O)o1. The molecular weight excluding hydrogens is 211 g/mol. The fraction of sp³-hybridized carbons (Fsp3) is 0.286. The van der Waals surface area contributed by atoms with Crippen molar-refractivity contribution < 1.29 is 14.3 Å². The fourth-order valence-electron chi connectivity index (χ4n) is 0.623. The average Bonchev–Trinajstić information content (AvgIpc) is 2.31. The topological polar surface area (TPSA) is 50.4 Å². The molecule has 0 amide bonds. The molecule has 0 saturated carbocycles. The third-order valence-corrected chi connectivity index (χ3v) is 2.93. The second kappa shape index (κ2) is 3.60. The number of carboxylic acids is 1. The monoisotopic (exact) mass is 220 g/mol. The number of aliphatic carboxylic acids is 1. The molecule has 60 valence electrons. The Morgan fingerprint density at radius 1 is 1.73 bits per heavy atom. The summed E-state index contributed by atoms with van der Waals surface area (Å²) in [5.74, 6) is 0.0753. The molecule has 4 heteroatoms. The van der Waals surface area contributed by atoms with E-state index in [0.29, 0.717) is 0 Å². The Morgan fingerprint density at radius 3 is 2.91 bits per heavy atom. The molecule has 0 unspecified atom stereocenters. The second-order valence-corrected chi connectivity index (χ2v) is 4.10. The van der Waals surface area contributed by atoms with E-state index in [9.17, 15) is 4.79 Å². The molecule has 1 heterocycles. The second-order valence-electron chi connectivity index (χ2n) is 2.05. The minimum absolute atomic E-state index is 0.0555. The molecule has 0 aromatic carbocycles. The number of aryl methyl sites for hydroxylation is 1. The van der Waals surface area contributed by atoms with E-state index in [-0.39, 0.29) is 20.3 Å². The first-order valence-electron chi connectivity index (χ1n) is 3.09. The molecule has 0 atom stereocenters. The van der Waals surface area contributed by atoms with Crippen LogP contribution in [-0.2, 0) is 4.79 Å². The van der Waals surface area contributed by atoms with Gasteiger partial charge in [0, 0.05) is 0 Å². The van der Waals surface area contributed by atoms with Gasteiger partial charge in [-0.3, -0.25) is 0 Å². The van der Waals surface area contributed by atoms with E-state index >= 15 is 0 Å². The normalized spacial score (nSPS) is 9.91. The zero-order valence-corrected chi connectivity index (χ0v) is 7.75. The number of hydrogen-bond acceptors (Lipinski definition) is 2. The summed E-state index contributed by atoms with van der Waals surface area (Å²) >= 11 is -0.0555. The van der Waals surface area contributed by atoms with Crippen LogP contribution in [0.15, 0.2) is 16.5 Å². The van der Waals surface area contributed by atoms with Crippen LogP contribution in [0.4, 0.5) is 0 Å². The third kappa shape index (κ3) is 2.78. The van der Waals surface area contributed by atoms with Gasteiger partial charge in [-0.05, 0) is 0 Å². The first kappa shape index (κ1) is 8.37. The summed E-state index contributed by atoms with van der Waals surface area (Å²) in [5, 5.41) is 8.55. The van der Waals surface area contributed by atoms with Gasteiger partial charge in [0.25, 0.3) is 0 Å². The minimum atomic E-state index is -0.765. The molecule has 0 fully saturated rings. The van der Waals surface area contributed by atoms with E-state index in [4.69, 9.17) is 9.52 Å². The molecule has 1 aromatic heterocycles. The van der Waals surface area contributed by atoms with Crippen molar-refractivity contribution in [2.75, 3.05) is 0 Å². The molecule has 0 radical (unpaired) electrons. The van der Waals surface area contributed by atoms with Crippen molar-refractivity contribution in [2.45, 2.75) is 12.2 Å². The van der Waals surface area contributed by atoms with Crippen LogP contribution < -0.4 is 4.66 Å². The Kier molecular flexibility index (Phi) is 2.74. The van der Waals surface area contributed by atoms with E-state index < -0.39 is 5.97 Å². The molecule has 0 spiro atoms. The number of rotatable bonds is 3. The Labute approximate surface area is 70.6 Å². The Morgan fingerprint density at radius 2 is 2.45 bits per heavy atom. The summed E-state index contributed by atoms with van der Waals surface area (Å²) in [6.45, 7) is 1.85. The molecule has 1 N–H and O–H groups in total. The summed E-state index contributed by atoms with van der Waals surface area (Å²) in [6, 6.07) is 3.68. The maximum absolute atomic E-state index is 10.2. The van der Waals surface area contributed by atoms with Crippen molar-refractivity contribution in [1.29, 1.82) is 0 Å². The van der Waals surface area contributed by atoms with Crippen LogP contribution in [-0.4, -0.2) is 26.0 Å². The Balaban J connectivity index is 2.45. The van der Waals surface area contributed by atoms with Crippen LogP contribution in [0.5, 0.6) is 0 Å². The van der Waals surface area contributed by atoms with Gasteiger partial charge in [-0.1, -0.05) is 0 Å². The van der Waals surface area contributed by atoms with Gasteiger partial charge < -0.3 is 0 Å². The zero-order chi connectivity index (χ0) is 8.27. The van der Waals surface area contributed by atoms with Crippen molar-refractivity contribution in [1.82, 2.24) is 0 Å². The summed E-state index contributed by atoms with van der Waals surface area (Å²) in [6.07, 6.45) is 0. The van der Waals surface area contributed by atoms with Gasteiger partial charge in [0.1, 0.15) is 0 Å². The number of carbonyl (C=O) groups is 1. The number of hydrogen-bond donors (Lipinski definition) is 1. The van der Waals surface area contributed by atoms with Crippen LogP contribution in [0.1, 0.15) is 5.76 Å². The number of furan rings is 1. The molecule has 0 aliphatic carbocycles. The van der Waals surface area contributed by atoms with E-state index in [1.54, 1.807) is 0 Å². The molecule has 1 rings (SSSR count). The van der Waals surface area contributed by atoms with Crippen molar-refractivity contribution in [3.05, 3.63) is 17.9 Å². The van der Waals surface area contributed by atoms with Crippen LogP contribution in [0, 0.1) is 6.92 Å². The van der Waals surface area contributed by atoms with Crippen LogP contribution in [0.3, 0.4) is 0 Å². The van der Waals surface area contributed by atoms with Crippen molar-refractivity contribution >= 4 is 25.6 Å². The molecule has 3 nitrogen and oxygen atoms in total. The molecule has 0 saturated heterocycles. The van der Waals surface area contributed by atoms with Gasteiger partial charge in [-0.25, -0.2) is 0 Å². The number of carboxylic acid groups (broad SMARTS) is 1. The van der Waals surface area contributed by atoms with Gasteiger partial charge in [-0.2, -0.15) is 0 Å². The van der Waals surface area contributed by atoms with Crippen LogP contribution in [0.25, 0.3) is 0 Å². The first-order valence-corrected chi connectivity index (χ1v) is 5.16. The van der Waals surface area contributed by atoms with Gasteiger partial charge in [0.2, 0.25) is 0 Å². The quantitative estimate of drug-likeness (QED) is 0.749. The van der Waals surface area contributed by atoms with Crippen molar-refractivity contribution in [3.8, 4) is 0 Å². The standard InChI is InChI=1S/C7H8O3Se/c1-5-2-3-7(10-5)11-4-6(8)9/h2-3H,4H2,1H3,(H,8,9). The first-order chi connectivity index (χ1) is 5.18. The zero-order valence-electron chi connectivity index (χ0n) is 6.03. The molecule has 0 aliphatic rings. The van der Waals surface area contributed by atoms with E-state index in [2.05, 4.69) is 0 Å². The van der Waals surface area contributed by atoms with Crippen molar-refractivity contribution in [3.63, 3.8) is 0 Å². The molecule has 0 bridgehead atoms. The van der Waals surface area contributed by atoms with Gasteiger partial charge >= 0.3 is 70.0 Å².